The molecule has 0 bridgehead atoms. The van der Waals surface area contributed by atoms with E-state index in [1.807, 2.05) is 24.3 Å². The molecule has 1 aromatic heterocycles. The maximum Gasteiger partial charge on any atom is 0.0957 e. The van der Waals surface area contributed by atoms with Crippen LogP contribution in [-0.2, 0) is 18.0 Å². The summed E-state index contributed by atoms with van der Waals surface area (Å²) >= 11 is 0. The zero-order valence-corrected chi connectivity index (χ0v) is 7.85. The first-order valence-corrected chi connectivity index (χ1v) is 4.58. The third-order valence-corrected chi connectivity index (χ3v) is 1.96. The van der Waals surface area contributed by atoms with Crippen molar-refractivity contribution in [2.24, 2.45) is 0 Å². The van der Waals surface area contributed by atoms with E-state index in [4.69, 9.17) is 9.15 Å². The summed E-state index contributed by atoms with van der Waals surface area (Å²) in [6.07, 6.45) is 3.35. The third-order valence-electron chi connectivity index (χ3n) is 1.96. The molecule has 2 rings (SSSR count). The Morgan fingerprint density at radius 2 is 1.71 bits per heavy atom. The summed E-state index contributed by atoms with van der Waals surface area (Å²) < 4.78 is 10.4. The van der Waals surface area contributed by atoms with E-state index in [9.17, 15) is 0 Å². The second-order valence-electron chi connectivity index (χ2n) is 3.11. The zero-order valence-electron chi connectivity index (χ0n) is 7.85. The van der Waals surface area contributed by atoms with Gasteiger partial charge < -0.3 is 9.15 Å². The van der Waals surface area contributed by atoms with Crippen LogP contribution in [0.5, 0.6) is 0 Å². The van der Waals surface area contributed by atoms with E-state index in [0.717, 1.165) is 5.56 Å². The average Bonchev–Trinajstić information content (AvgIpc) is 2.72. The first kappa shape index (κ1) is 9.03. The molecule has 2 aromatic rings. The zero-order chi connectivity index (χ0) is 9.64. The molecule has 72 valence electrons. The van der Waals surface area contributed by atoms with Crippen LogP contribution in [0.25, 0.3) is 0 Å². The predicted octanol–water partition coefficient (Wildman–Crippen LogP) is 3.00. The second kappa shape index (κ2) is 4.63. The fraction of sp³-hybridized carbons (Fsp3) is 0.167. The second-order valence-corrected chi connectivity index (χ2v) is 3.11. The molecule has 0 amide bonds. The molecule has 1 heterocycles. The van der Waals surface area contributed by atoms with Gasteiger partial charge in [-0.15, -0.1) is 0 Å². The van der Waals surface area contributed by atoms with Crippen molar-refractivity contribution in [3.05, 3.63) is 60.1 Å². The normalized spacial score (nSPS) is 10.3. The minimum absolute atomic E-state index is 0.603. The molecule has 0 saturated carbocycles. The fourth-order valence-electron chi connectivity index (χ4n) is 1.24. The number of hydrogen-bond acceptors (Lipinski definition) is 2. The molecule has 0 fully saturated rings. The van der Waals surface area contributed by atoms with Crippen molar-refractivity contribution < 1.29 is 9.15 Å². The highest BCUT2D eigenvalue weighted by Gasteiger charge is 1.95. The Morgan fingerprint density at radius 1 is 0.929 bits per heavy atom. The molecule has 0 aliphatic heterocycles. The lowest BCUT2D eigenvalue weighted by Gasteiger charge is -2.01. The number of ether oxygens (including phenoxy) is 1. The van der Waals surface area contributed by atoms with Crippen molar-refractivity contribution in [3.8, 4) is 0 Å². The summed E-state index contributed by atoms with van der Waals surface area (Å²) in [6, 6.07) is 12.0. The molecule has 0 aliphatic rings. The number of benzene rings is 1. The van der Waals surface area contributed by atoms with Gasteiger partial charge in [-0.3, -0.25) is 0 Å². The molecule has 0 N–H and O–H groups in total. The Hall–Kier alpha value is -1.54. The third kappa shape index (κ3) is 2.47. The van der Waals surface area contributed by atoms with Crippen LogP contribution in [0.2, 0.25) is 0 Å². The fourth-order valence-corrected chi connectivity index (χ4v) is 1.24. The Morgan fingerprint density at radius 3 is 2.43 bits per heavy atom. The van der Waals surface area contributed by atoms with E-state index in [2.05, 4.69) is 12.1 Å². The molecule has 0 spiro atoms. The molecule has 0 saturated heterocycles. The summed E-state index contributed by atoms with van der Waals surface area (Å²) in [7, 11) is 0. The summed E-state index contributed by atoms with van der Waals surface area (Å²) in [5.74, 6) is 0. The van der Waals surface area contributed by atoms with E-state index < -0.39 is 0 Å². The minimum Gasteiger partial charge on any atom is -0.472 e. The van der Waals surface area contributed by atoms with Gasteiger partial charge in [0, 0.05) is 5.56 Å². The number of rotatable bonds is 4. The summed E-state index contributed by atoms with van der Waals surface area (Å²) in [6.45, 7) is 1.25. The first-order valence-electron chi connectivity index (χ1n) is 4.58. The van der Waals surface area contributed by atoms with Crippen molar-refractivity contribution in [1.82, 2.24) is 0 Å². The van der Waals surface area contributed by atoms with Crippen LogP contribution in [0, 0.1) is 0 Å². The highest BCUT2D eigenvalue weighted by Crippen LogP contribution is 2.05. The Balaban J connectivity index is 1.79. The Bertz CT molecular complexity index is 351. The van der Waals surface area contributed by atoms with Crippen LogP contribution in [0.4, 0.5) is 0 Å². The number of hydrogen-bond donors (Lipinski definition) is 0. The molecule has 0 radical (unpaired) electrons. The molecule has 1 aromatic carbocycles. The van der Waals surface area contributed by atoms with Crippen LogP contribution in [0.1, 0.15) is 11.1 Å². The van der Waals surface area contributed by atoms with Gasteiger partial charge in [-0.2, -0.15) is 0 Å². The largest absolute Gasteiger partial charge is 0.472 e. The first-order chi connectivity index (χ1) is 6.95. The molecule has 2 nitrogen and oxygen atoms in total. The quantitative estimate of drug-likeness (QED) is 0.735. The van der Waals surface area contributed by atoms with Gasteiger partial charge in [0.05, 0.1) is 25.7 Å². The lowest BCUT2D eigenvalue weighted by Crippen LogP contribution is -1.92. The summed E-state index contributed by atoms with van der Waals surface area (Å²) in [5.41, 5.74) is 2.26. The molecular weight excluding hydrogens is 176 g/mol. The van der Waals surface area contributed by atoms with Gasteiger partial charge in [-0.05, 0) is 11.6 Å². The van der Waals surface area contributed by atoms with Crippen molar-refractivity contribution >= 4 is 0 Å². The molecule has 14 heavy (non-hydrogen) atoms. The lowest BCUT2D eigenvalue weighted by atomic mass is 10.2. The van der Waals surface area contributed by atoms with Crippen molar-refractivity contribution in [3.63, 3.8) is 0 Å². The van der Waals surface area contributed by atoms with E-state index in [1.165, 1.54) is 5.56 Å². The highest BCUT2D eigenvalue weighted by atomic mass is 16.5. The van der Waals surface area contributed by atoms with Crippen molar-refractivity contribution in [2.75, 3.05) is 0 Å². The lowest BCUT2D eigenvalue weighted by molar-refractivity contribution is 0.107. The molecule has 2 heteroatoms. The number of furan rings is 1. The van der Waals surface area contributed by atoms with Gasteiger partial charge in [0.25, 0.3) is 0 Å². The van der Waals surface area contributed by atoms with Crippen LogP contribution < -0.4 is 0 Å². The molecule has 0 atom stereocenters. The van der Waals surface area contributed by atoms with Crippen LogP contribution in [-0.4, -0.2) is 0 Å². The maximum absolute atomic E-state index is 5.50. The molecule has 0 unspecified atom stereocenters. The van der Waals surface area contributed by atoms with E-state index in [0.29, 0.717) is 13.2 Å². The van der Waals surface area contributed by atoms with E-state index >= 15 is 0 Å². The Kier molecular flexibility index (Phi) is 2.99. The van der Waals surface area contributed by atoms with Crippen LogP contribution in [0.3, 0.4) is 0 Å². The highest BCUT2D eigenvalue weighted by molar-refractivity contribution is 5.13. The Labute approximate surface area is 83.1 Å². The van der Waals surface area contributed by atoms with Gasteiger partial charge in [0.15, 0.2) is 0 Å². The minimum atomic E-state index is 0.603. The van der Waals surface area contributed by atoms with Gasteiger partial charge in [0.1, 0.15) is 0 Å². The predicted molar refractivity (Wildman–Crippen MR) is 53.6 cm³/mol. The monoisotopic (exact) mass is 188 g/mol. The SMILES string of the molecule is c1ccc(COCc2ccoc2)cc1. The average molecular weight is 188 g/mol. The van der Waals surface area contributed by atoms with E-state index in [1.54, 1.807) is 12.5 Å². The molecular formula is C12H12O2. The van der Waals surface area contributed by atoms with Crippen molar-refractivity contribution in [1.29, 1.82) is 0 Å². The van der Waals surface area contributed by atoms with Gasteiger partial charge in [-0.25, -0.2) is 0 Å². The smallest absolute Gasteiger partial charge is 0.0957 e. The van der Waals surface area contributed by atoms with Crippen LogP contribution >= 0.6 is 0 Å². The standard InChI is InChI=1S/C12H12O2/c1-2-4-11(5-3-1)8-14-10-12-6-7-13-9-12/h1-7,9H,8,10H2. The van der Waals surface area contributed by atoms with E-state index in [-0.39, 0.29) is 0 Å². The summed E-state index contributed by atoms with van der Waals surface area (Å²) in [4.78, 5) is 0. The van der Waals surface area contributed by atoms with Crippen molar-refractivity contribution in [2.45, 2.75) is 13.2 Å². The molecule has 0 aliphatic carbocycles. The maximum atomic E-state index is 5.50. The topological polar surface area (TPSA) is 22.4 Å². The van der Waals surface area contributed by atoms with Gasteiger partial charge in [0.2, 0.25) is 0 Å². The summed E-state index contributed by atoms with van der Waals surface area (Å²) in [5, 5.41) is 0. The van der Waals surface area contributed by atoms with Crippen LogP contribution in [0.15, 0.2) is 53.3 Å². The van der Waals surface area contributed by atoms with Gasteiger partial charge in [-0.1, -0.05) is 30.3 Å². The van der Waals surface area contributed by atoms with Gasteiger partial charge >= 0.3 is 0 Å².